The standard InChI is InChI=1S/C26H43NO4/c27-20-19-24(26(30)31)21-23(25(28)29)18-14-9-7-5-3-1-2-4-6-8-11-15-22-16-12-10-13-17-22/h10,12-13,16-17,23-24H,1-9,11,14-15,18-21,27H2,(H,28,29)(H,30,31). The fraction of sp³-hybridized carbons (Fsp3) is 0.692. The van der Waals surface area contributed by atoms with E-state index in [1.165, 1.54) is 63.4 Å². The topological polar surface area (TPSA) is 101 Å². The van der Waals surface area contributed by atoms with E-state index in [-0.39, 0.29) is 13.0 Å². The van der Waals surface area contributed by atoms with E-state index in [1.54, 1.807) is 0 Å². The van der Waals surface area contributed by atoms with Crippen LogP contribution in [0, 0.1) is 11.8 Å². The van der Waals surface area contributed by atoms with Crippen molar-refractivity contribution in [3.8, 4) is 0 Å². The maximum Gasteiger partial charge on any atom is 0.306 e. The minimum absolute atomic E-state index is 0.188. The van der Waals surface area contributed by atoms with Gasteiger partial charge in [0.25, 0.3) is 0 Å². The first-order valence-electron chi connectivity index (χ1n) is 12.2. The molecule has 0 aliphatic heterocycles. The summed E-state index contributed by atoms with van der Waals surface area (Å²) in [6.45, 7) is 0.275. The molecule has 1 aromatic rings. The smallest absolute Gasteiger partial charge is 0.306 e. The third kappa shape index (κ3) is 13.9. The van der Waals surface area contributed by atoms with Gasteiger partial charge >= 0.3 is 11.9 Å². The van der Waals surface area contributed by atoms with Crippen molar-refractivity contribution in [2.75, 3.05) is 6.54 Å². The summed E-state index contributed by atoms with van der Waals surface area (Å²) in [6.07, 6.45) is 15.6. The van der Waals surface area contributed by atoms with E-state index in [4.69, 9.17) is 5.73 Å². The van der Waals surface area contributed by atoms with Crippen molar-refractivity contribution in [2.45, 2.75) is 96.3 Å². The van der Waals surface area contributed by atoms with Crippen molar-refractivity contribution < 1.29 is 19.8 Å². The Bertz CT molecular complexity index is 590. The van der Waals surface area contributed by atoms with Gasteiger partial charge in [-0.25, -0.2) is 0 Å². The van der Waals surface area contributed by atoms with Crippen LogP contribution in [-0.4, -0.2) is 28.7 Å². The highest BCUT2D eigenvalue weighted by Gasteiger charge is 2.26. The highest BCUT2D eigenvalue weighted by molar-refractivity contribution is 5.73. The third-order valence-electron chi connectivity index (χ3n) is 6.14. The van der Waals surface area contributed by atoms with Crippen LogP contribution in [0.2, 0.25) is 0 Å². The van der Waals surface area contributed by atoms with Crippen LogP contribution in [0.5, 0.6) is 0 Å². The van der Waals surface area contributed by atoms with Crippen LogP contribution in [0.1, 0.15) is 95.5 Å². The van der Waals surface area contributed by atoms with Gasteiger partial charge in [-0.15, -0.1) is 0 Å². The van der Waals surface area contributed by atoms with Gasteiger partial charge in [-0.1, -0.05) is 94.5 Å². The van der Waals surface area contributed by atoms with Crippen molar-refractivity contribution >= 4 is 11.9 Å². The zero-order chi connectivity index (χ0) is 22.7. The number of hydrogen-bond acceptors (Lipinski definition) is 3. The Hall–Kier alpha value is -1.88. The molecule has 2 unspecified atom stereocenters. The molecule has 0 saturated heterocycles. The molecular formula is C26H43NO4. The fourth-order valence-corrected chi connectivity index (χ4v) is 4.18. The molecule has 0 amide bonds. The molecule has 5 heteroatoms. The summed E-state index contributed by atoms with van der Waals surface area (Å²) in [5, 5.41) is 18.6. The van der Waals surface area contributed by atoms with E-state index in [9.17, 15) is 19.8 Å². The maximum atomic E-state index is 11.4. The first-order chi connectivity index (χ1) is 15.0. The number of rotatable bonds is 20. The average molecular weight is 434 g/mol. The number of nitrogens with two attached hydrogens (primary N) is 1. The molecule has 0 aliphatic carbocycles. The Morgan fingerprint density at radius 3 is 1.61 bits per heavy atom. The van der Waals surface area contributed by atoms with E-state index in [1.807, 2.05) is 0 Å². The Balaban J connectivity index is 1.96. The molecule has 4 N–H and O–H groups in total. The molecule has 176 valence electrons. The molecule has 2 atom stereocenters. The van der Waals surface area contributed by atoms with Crippen LogP contribution in [-0.2, 0) is 16.0 Å². The number of aryl methyl sites for hydroxylation is 1. The largest absolute Gasteiger partial charge is 0.481 e. The van der Waals surface area contributed by atoms with E-state index < -0.39 is 23.8 Å². The number of carbonyl (C=O) groups is 2. The molecular weight excluding hydrogens is 390 g/mol. The summed E-state index contributed by atoms with van der Waals surface area (Å²) >= 11 is 0. The second-order valence-corrected chi connectivity index (χ2v) is 8.80. The molecule has 1 aromatic carbocycles. The molecule has 0 spiro atoms. The number of carboxylic acids is 2. The Morgan fingerprint density at radius 1 is 0.677 bits per heavy atom. The predicted molar refractivity (Wildman–Crippen MR) is 126 cm³/mol. The van der Waals surface area contributed by atoms with Crippen LogP contribution in [0.4, 0.5) is 0 Å². The van der Waals surface area contributed by atoms with Crippen LogP contribution in [0.15, 0.2) is 30.3 Å². The second-order valence-electron chi connectivity index (χ2n) is 8.80. The quantitative estimate of drug-likeness (QED) is 0.217. The lowest BCUT2D eigenvalue weighted by atomic mass is 9.88. The highest BCUT2D eigenvalue weighted by Crippen LogP contribution is 2.22. The van der Waals surface area contributed by atoms with Crippen molar-refractivity contribution in [3.05, 3.63) is 35.9 Å². The number of aliphatic carboxylic acids is 2. The molecule has 0 aliphatic rings. The number of carboxylic acid groups (broad SMARTS) is 2. The number of hydrogen-bond donors (Lipinski definition) is 3. The lowest BCUT2D eigenvalue weighted by Crippen LogP contribution is -2.25. The highest BCUT2D eigenvalue weighted by atomic mass is 16.4. The molecule has 31 heavy (non-hydrogen) atoms. The monoisotopic (exact) mass is 433 g/mol. The summed E-state index contributed by atoms with van der Waals surface area (Å²) in [5.74, 6) is -3.04. The summed E-state index contributed by atoms with van der Waals surface area (Å²) in [4.78, 5) is 22.7. The van der Waals surface area contributed by atoms with E-state index in [0.717, 1.165) is 19.3 Å². The van der Waals surface area contributed by atoms with E-state index in [2.05, 4.69) is 30.3 Å². The van der Waals surface area contributed by atoms with Crippen molar-refractivity contribution in [1.82, 2.24) is 0 Å². The van der Waals surface area contributed by atoms with Crippen molar-refractivity contribution in [1.29, 1.82) is 0 Å². The van der Waals surface area contributed by atoms with Gasteiger partial charge in [-0.05, 0) is 44.2 Å². The first-order valence-corrected chi connectivity index (χ1v) is 12.2. The average Bonchev–Trinajstić information content (AvgIpc) is 2.75. The van der Waals surface area contributed by atoms with Gasteiger partial charge in [0, 0.05) is 0 Å². The molecule has 0 fully saturated rings. The van der Waals surface area contributed by atoms with Gasteiger partial charge in [0.15, 0.2) is 0 Å². The van der Waals surface area contributed by atoms with E-state index in [0.29, 0.717) is 12.8 Å². The van der Waals surface area contributed by atoms with Crippen LogP contribution in [0.25, 0.3) is 0 Å². The Kier molecular flexibility index (Phi) is 15.6. The third-order valence-corrected chi connectivity index (χ3v) is 6.14. The maximum absolute atomic E-state index is 11.4. The summed E-state index contributed by atoms with van der Waals surface area (Å²) in [6, 6.07) is 10.7. The lowest BCUT2D eigenvalue weighted by molar-refractivity contribution is -0.146. The molecule has 0 radical (unpaired) electrons. The zero-order valence-corrected chi connectivity index (χ0v) is 19.1. The minimum atomic E-state index is -0.937. The zero-order valence-electron chi connectivity index (χ0n) is 19.1. The normalized spacial score (nSPS) is 13.1. The second kappa shape index (κ2) is 17.8. The summed E-state index contributed by atoms with van der Waals surface area (Å²) < 4.78 is 0. The number of benzene rings is 1. The Morgan fingerprint density at radius 2 is 1.13 bits per heavy atom. The lowest BCUT2D eigenvalue weighted by Gasteiger charge is -2.17. The molecule has 0 heterocycles. The van der Waals surface area contributed by atoms with Gasteiger partial charge in [0.1, 0.15) is 0 Å². The molecule has 5 nitrogen and oxygen atoms in total. The van der Waals surface area contributed by atoms with Gasteiger partial charge in [0.05, 0.1) is 11.8 Å². The Labute approximate surface area is 188 Å². The van der Waals surface area contributed by atoms with Crippen LogP contribution in [0.3, 0.4) is 0 Å². The van der Waals surface area contributed by atoms with Crippen molar-refractivity contribution in [2.24, 2.45) is 17.6 Å². The van der Waals surface area contributed by atoms with Crippen LogP contribution >= 0.6 is 0 Å². The number of unbranched alkanes of at least 4 members (excludes halogenated alkanes) is 10. The first kappa shape index (κ1) is 27.2. The predicted octanol–water partition coefficient (Wildman–Crippen LogP) is 6.05. The molecule has 0 bridgehead atoms. The van der Waals surface area contributed by atoms with Gasteiger partial charge < -0.3 is 15.9 Å². The van der Waals surface area contributed by atoms with E-state index >= 15 is 0 Å². The SMILES string of the molecule is NCCC(CC(CCCCCCCCCCCCCc1ccccc1)C(=O)O)C(=O)O. The summed E-state index contributed by atoms with van der Waals surface area (Å²) in [5.41, 5.74) is 6.89. The van der Waals surface area contributed by atoms with Crippen molar-refractivity contribution in [3.63, 3.8) is 0 Å². The molecule has 1 rings (SSSR count). The van der Waals surface area contributed by atoms with Gasteiger partial charge in [0.2, 0.25) is 0 Å². The van der Waals surface area contributed by atoms with Crippen LogP contribution < -0.4 is 5.73 Å². The molecule has 0 saturated carbocycles. The fourth-order valence-electron chi connectivity index (χ4n) is 4.18. The summed E-state index contributed by atoms with van der Waals surface area (Å²) in [7, 11) is 0. The van der Waals surface area contributed by atoms with Gasteiger partial charge in [-0.2, -0.15) is 0 Å². The molecule has 0 aromatic heterocycles. The minimum Gasteiger partial charge on any atom is -0.481 e. The van der Waals surface area contributed by atoms with Gasteiger partial charge in [-0.3, -0.25) is 9.59 Å².